The second-order valence-electron chi connectivity index (χ2n) is 12.6. The van der Waals surface area contributed by atoms with Crippen LogP contribution in [0.25, 0.3) is 0 Å². The van der Waals surface area contributed by atoms with Crippen LogP contribution in [0.1, 0.15) is 99.9 Å². The fourth-order valence-electron chi connectivity index (χ4n) is 8.49. The van der Waals surface area contributed by atoms with E-state index in [9.17, 15) is 0 Å². The van der Waals surface area contributed by atoms with Crippen LogP contribution in [0.5, 0.6) is 0 Å². The monoisotopic (exact) mass is 710 g/mol. The zero-order chi connectivity index (χ0) is 31.5. The van der Waals surface area contributed by atoms with Gasteiger partial charge in [-0.05, 0) is 0 Å². The molecule has 0 bridgehead atoms. The van der Waals surface area contributed by atoms with Crippen molar-refractivity contribution in [2.24, 2.45) is 0 Å². The first-order valence-corrected chi connectivity index (χ1v) is 26.5. The van der Waals surface area contributed by atoms with Crippen LogP contribution in [0.4, 0.5) is 0 Å². The van der Waals surface area contributed by atoms with Crippen LogP contribution in [0.3, 0.4) is 0 Å². The van der Waals surface area contributed by atoms with E-state index in [1.807, 2.05) is 0 Å². The molecular formula is C41H54Ge2O. The normalized spacial score (nSPS) is 15.3. The Morgan fingerprint density at radius 1 is 0.364 bits per heavy atom. The topological polar surface area (TPSA) is 9.23 Å². The SMILES string of the molecule is CCc1cccc(CC)[c]1[Ge]1([c]2c(CC)cccc2CC)[CH2][Ge]([c]2c(CC)cccc2CC)([c]2c(CC)cccc2CC)[O]1. The van der Waals surface area contributed by atoms with Crippen LogP contribution < -0.4 is 17.6 Å². The fourth-order valence-corrected chi connectivity index (χ4v) is 53.7. The molecule has 0 saturated carbocycles. The molecule has 0 atom stereocenters. The number of aryl methyl sites for hydroxylation is 8. The Kier molecular flexibility index (Phi) is 10.7. The molecule has 5 rings (SSSR count). The third-order valence-electron chi connectivity index (χ3n) is 10.5. The first kappa shape index (κ1) is 33.3. The van der Waals surface area contributed by atoms with E-state index in [0.717, 1.165) is 51.4 Å². The van der Waals surface area contributed by atoms with Crippen LogP contribution in [-0.4, -0.2) is 27.2 Å². The summed E-state index contributed by atoms with van der Waals surface area (Å²) in [5, 5.41) is 0. The molecule has 0 radical (unpaired) electrons. The molecule has 44 heavy (non-hydrogen) atoms. The van der Waals surface area contributed by atoms with Gasteiger partial charge in [-0.15, -0.1) is 0 Å². The van der Waals surface area contributed by atoms with Gasteiger partial charge >= 0.3 is 276 Å². The van der Waals surface area contributed by atoms with E-state index < -0.39 is 27.2 Å². The Hall–Kier alpha value is -2.07. The number of hydrogen-bond donors (Lipinski definition) is 0. The Bertz CT molecular complexity index is 1290. The van der Waals surface area contributed by atoms with Gasteiger partial charge in [-0.1, -0.05) is 0 Å². The van der Waals surface area contributed by atoms with E-state index in [0.29, 0.717) is 0 Å². The summed E-state index contributed by atoms with van der Waals surface area (Å²) >= 11 is -6.76. The van der Waals surface area contributed by atoms with E-state index in [-0.39, 0.29) is 0 Å². The van der Waals surface area contributed by atoms with Crippen molar-refractivity contribution in [2.45, 2.75) is 111 Å². The van der Waals surface area contributed by atoms with Gasteiger partial charge in [0, 0.05) is 0 Å². The zero-order valence-corrected chi connectivity index (χ0v) is 32.9. The Balaban J connectivity index is 1.96. The minimum atomic E-state index is -3.38. The van der Waals surface area contributed by atoms with Gasteiger partial charge in [-0.3, -0.25) is 0 Å². The van der Waals surface area contributed by atoms with Crippen molar-refractivity contribution in [3.8, 4) is 0 Å². The van der Waals surface area contributed by atoms with Crippen LogP contribution in [-0.2, 0) is 54.2 Å². The maximum atomic E-state index is 8.57. The molecule has 3 heteroatoms. The van der Waals surface area contributed by atoms with E-state index in [1.54, 1.807) is 17.6 Å². The molecule has 1 aliphatic heterocycles. The summed E-state index contributed by atoms with van der Waals surface area (Å²) in [6.07, 6.45) is 8.50. The molecule has 1 heterocycles. The average Bonchev–Trinajstić information content (AvgIpc) is 3.07. The van der Waals surface area contributed by atoms with Gasteiger partial charge in [0.05, 0.1) is 0 Å². The van der Waals surface area contributed by atoms with Gasteiger partial charge in [0.2, 0.25) is 0 Å². The van der Waals surface area contributed by atoms with Crippen molar-refractivity contribution in [1.29, 1.82) is 0 Å². The quantitative estimate of drug-likeness (QED) is 0.138. The zero-order valence-electron chi connectivity index (χ0n) is 28.7. The van der Waals surface area contributed by atoms with Crippen LogP contribution >= 0.6 is 0 Å². The summed E-state index contributed by atoms with van der Waals surface area (Å²) < 4.78 is 16.5. The first-order chi connectivity index (χ1) is 21.4. The average molecular weight is 708 g/mol. The number of benzene rings is 4. The summed E-state index contributed by atoms with van der Waals surface area (Å²) in [6.45, 7) is 18.9. The van der Waals surface area contributed by atoms with Crippen molar-refractivity contribution in [1.82, 2.24) is 0 Å². The molecule has 232 valence electrons. The van der Waals surface area contributed by atoms with E-state index in [2.05, 4.69) is 128 Å². The van der Waals surface area contributed by atoms with Crippen molar-refractivity contribution in [2.75, 3.05) is 0 Å². The van der Waals surface area contributed by atoms with E-state index in [1.165, 1.54) is 48.6 Å². The van der Waals surface area contributed by atoms with Crippen LogP contribution in [0, 0.1) is 0 Å². The summed E-state index contributed by atoms with van der Waals surface area (Å²) in [4.78, 5) is 0. The summed E-state index contributed by atoms with van der Waals surface area (Å²) in [5.41, 5.74) is 12.3. The fraction of sp³-hybridized carbons (Fsp3) is 0.415. The summed E-state index contributed by atoms with van der Waals surface area (Å²) in [7, 11) is 0. The minimum absolute atomic E-state index is 1.06. The predicted octanol–water partition coefficient (Wildman–Crippen LogP) is 7.57. The molecule has 0 unspecified atom stereocenters. The molecule has 1 nitrogen and oxygen atoms in total. The van der Waals surface area contributed by atoms with Gasteiger partial charge in [0.15, 0.2) is 0 Å². The molecular weight excluding hydrogens is 654 g/mol. The Labute approximate surface area is 274 Å². The number of rotatable bonds is 12. The standard InChI is InChI=1S/C41H54Ge2O/c1-9-30-21-17-22-31(10-2)38(30)42(39-32(11-3)23-18-24-33(39)12-4)29-43(44-42,40-34(13-5)25-19-26-35(40)14-6)41-36(15-7)27-20-28-37(41)16-8/h17-28H,9-16,29H2,1-8H3. The van der Waals surface area contributed by atoms with Gasteiger partial charge in [0.25, 0.3) is 0 Å². The third-order valence-corrected chi connectivity index (χ3v) is 44.6. The predicted molar refractivity (Wildman–Crippen MR) is 197 cm³/mol. The number of hydrogen-bond acceptors (Lipinski definition) is 1. The maximum absolute atomic E-state index is 8.57. The van der Waals surface area contributed by atoms with Gasteiger partial charge < -0.3 is 0 Å². The Morgan fingerprint density at radius 2 is 0.523 bits per heavy atom. The summed E-state index contributed by atoms with van der Waals surface area (Å²) in [6, 6.07) is 28.6. The van der Waals surface area contributed by atoms with Crippen molar-refractivity contribution in [3.63, 3.8) is 0 Å². The molecule has 0 aromatic heterocycles. The molecule has 0 aliphatic carbocycles. The molecule has 4 aromatic carbocycles. The molecule has 0 N–H and O–H groups in total. The van der Waals surface area contributed by atoms with Crippen molar-refractivity contribution < 1.29 is 2.79 Å². The molecule has 1 saturated heterocycles. The van der Waals surface area contributed by atoms with E-state index in [4.69, 9.17) is 2.79 Å². The second-order valence-corrected chi connectivity index (χ2v) is 31.0. The first-order valence-electron chi connectivity index (χ1n) is 17.6. The molecule has 4 aromatic rings. The van der Waals surface area contributed by atoms with Crippen LogP contribution in [0.2, 0.25) is 4.09 Å². The molecule has 0 spiro atoms. The van der Waals surface area contributed by atoms with Crippen LogP contribution in [0.15, 0.2) is 72.8 Å². The molecule has 0 amide bonds. The molecule has 1 aliphatic rings. The van der Waals surface area contributed by atoms with E-state index >= 15 is 0 Å². The van der Waals surface area contributed by atoms with Gasteiger partial charge in [-0.25, -0.2) is 0 Å². The van der Waals surface area contributed by atoms with Gasteiger partial charge in [0.1, 0.15) is 0 Å². The van der Waals surface area contributed by atoms with Crippen molar-refractivity contribution in [3.05, 3.63) is 117 Å². The molecule has 1 fully saturated rings. The Morgan fingerprint density at radius 3 is 0.659 bits per heavy atom. The van der Waals surface area contributed by atoms with Crippen molar-refractivity contribution >= 4 is 44.8 Å². The second kappa shape index (κ2) is 14.1. The third kappa shape index (κ3) is 5.39. The van der Waals surface area contributed by atoms with Gasteiger partial charge in [-0.2, -0.15) is 0 Å². The summed E-state index contributed by atoms with van der Waals surface area (Å²) in [5.74, 6) is 0.